The molecule has 2 aliphatic rings. The lowest BCUT2D eigenvalue weighted by Crippen LogP contribution is -2.52. The van der Waals surface area contributed by atoms with Gasteiger partial charge in [0.05, 0.1) is 19.1 Å². The number of benzene rings is 2. The first-order chi connectivity index (χ1) is 11.6. The van der Waals surface area contributed by atoms with Crippen LogP contribution in [0.2, 0.25) is 0 Å². The average Bonchev–Trinajstić information content (AvgIpc) is 3.01. The van der Waals surface area contributed by atoms with Crippen LogP contribution in [0.1, 0.15) is 24.0 Å². The zero-order valence-corrected chi connectivity index (χ0v) is 13.6. The highest BCUT2D eigenvalue weighted by Gasteiger charge is 2.43. The van der Waals surface area contributed by atoms with E-state index in [-0.39, 0.29) is 5.92 Å². The smallest absolute Gasteiger partial charge is 0.126 e. The highest BCUT2D eigenvalue weighted by atomic mass is 16.5. The van der Waals surface area contributed by atoms with E-state index in [1.165, 1.54) is 0 Å². The summed E-state index contributed by atoms with van der Waals surface area (Å²) in [6, 6.07) is 11.6. The highest BCUT2D eigenvalue weighted by molar-refractivity contribution is 5.76. The van der Waals surface area contributed by atoms with Gasteiger partial charge in [0.2, 0.25) is 0 Å². The molecule has 0 saturated heterocycles. The summed E-state index contributed by atoms with van der Waals surface area (Å²) in [6.07, 6.45) is 4.00. The van der Waals surface area contributed by atoms with E-state index in [1.807, 2.05) is 55.5 Å². The Hall–Kier alpha value is -2.66. The molecule has 2 heterocycles. The molecule has 0 bridgehead atoms. The molecule has 5 nitrogen and oxygen atoms in total. The molecule has 0 saturated carbocycles. The molecule has 0 aliphatic carbocycles. The Morgan fingerprint density at radius 2 is 2.21 bits per heavy atom. The third kappa shape index (κ3) is 2.29. The molecule has 0 radical (unpaired) electrons. The number of fused-ring (bicyclic) bond motifs is 2. The largest absolute Gasteiger partial charge is 0.493 e. The zero-order chi connectivity index (χ0) is 16.7. The monoisotopic (exact) mass is 323 g/mol. The summed E-state index contributed by atoms with van der Waals surface area (Å²) < 4.78 is 11.7. The topological polar surface area (TPSA) is 82.5 Å². The van der Waals surface area contributed by atoms with Crippen LogP contribution < -0.4 is 26.3 Å². The molecule has 2 aliphatic heterocycles. The summed E-state index contributed by atoms with van der Waals surface area (Å²) >= 11 is 0. The molecule has 5 heteroatoms. The average molecular weight is 323 g/mol. The van der Waals surface area contributed by atoms with Crippen molar-refractivity contribution in [3.63, 3.8) is 0 Å². The third-order valence-corrected chi connectivity index (χ3v) is 4.62. The second-order valence-corrected chi connectivity index (χ2v) is 6.20. The normalized spacial score (nSPS) is 23.8. The number of ether oxygens (including phenoxy) is 2. The van der Waals surface area contributed by atoms with Gasteiger partial charge in [0.15, 0.2) is 0 Å². The van der Waals surface area contributed by atoms with Crippen molar-refractivity contribution in [2.75, 3.05) is 24.3 Å². The van der Waals surface area contributed by atoms with Crippen LogP contribution in [0, 0.1) is 0 Å². The van der Waals surface area contributed by atoms with Gasteiger partial charge in [-0.1, -0.05) is 12.1 Å². The number of nitrogens with one attached hydrogen (secondary N) is 1. The molecule has 2 atom stereocenters. The molecule has 0 fully saturated rings. The fraction of sp³-hybridized carbons (Fsp3) is 0.263. The fourth-order valence-corrected chi connectivity index (χ4v) is 3.45. The Balaban J connectivity index is 1.73. The van der Waals surface area contributed by atoms with Gasteiger partial charge in [-0.3, -0.25) is 0 Å². The van der Waals surface area contributed by atoms with Crippen LogP contribution >= 0.6 is 0 Å². The van der Waals surface area contributed by atoms with Crippen LogP contribution in [0.4, 0.5) is 11.4 Å². The quantitative estimate of drug-likeness (QED) is 0.757. The van der Waals surface area contributed by atoms with Crippen LogP contribution in [0.3, 0.4) is 0 Å². The Morgan fingerprint density at radius 1 is 1.33 bits per heavy atom. The first kappa shape index (κ1) is 14.9. The second-order valence-electron chi connectivity index (χ2n) is 6.20. The van der Waals surface area contributed by atoms with E-state index >= 15 is 0 Å². The van der Waals surface area contributed by atoms with Crippen LogP contribution in [0.15, 0.2) is 42.5 Å². The second kappa shape index (κ2) is 5.46. The van der Waals surface area contributed by atoms with Gasteiger partial charge < -0.3 is 26.3 Å². The molecule has 5 N–H and O–H groups in total. The van der Waals surface area contributed by atoms with Crippen molar-refractivity contribution >= 4 is 17.5 Å². The van der Waals surface area contributed by atoms with Crippen molar-refractivity contribution in [3.05, 3.63) is 53.6 Å². The van der Waals surface area contributed by atoms with Gasteiger partial charge in [-0.15, -0.1) is 0 Å². The van der Waals surface area contributed by atoms with Crippen molar-refractivity contribution in [1.82, 2.24) is 0 Å². The summed E-state index contributed by atoms with van der Waals surface area (Å²) in [4.78, 5) is 0. The fourth-order valence-electron chi connectivity index (χ4n) is 3.45. The van der Waals surface area contributed by atoms with E-state index < -0.39 is 5.66 Å². The lowest BCUT2D eigenvalue weighted by molar-refractivity contribution is 0.296. The minimum Gasteiger partial charge on any atom is -0.493 e. The standard InChI is InChI=1S/C19H21N3O2/c1-2-23-16-4-3-5-17-18(16)14(11-24-17)19(21)9-8-12-10-13(20)6-7-15(12)22-19/h3-10,14,22H,2,11,20-21H2,1H3. The first-order valence-corrected chi connectivity index (χ1v) is 8.15. The Bertz CT molecular complexity index is 818. The van der Waals surface area contributed by atoms with E-state index in [9.17, 15) is 0 Å². The van der Waals surface area contributed by atoms with Crippen molar-refractivity contribution in [3.8, 4) is 11.5 Å². The molecule has 2 aromatic rings. The van der Waals surface area contributed by atoms with E-state index in [2.05, 4.69) is 5.32 Å². The summed E-state index contributed by atoms with van der Waals surface area (Å²) in [5.74, 6) is 1.63. The van der Waals surface area contributed by atoms with Crippen molar-refractivity contribution in [2.45, 2.75) is 18.5 Å². The summed E-state index contributed by atoms with van der Waals surface area (Å²) in [5, 5.41) is 3.45. The summed E-state index contributed by atoms with van der Waals surface area (Å²) in [5.41, 5.74) is 15.6. The summed E-state index contributed by atoms with van der Waals surface area (Å²) in [6.45, 7) is 3.09. The molecular formula is C19H21N3O2. The maximum absolute atomic E-state index is 6.73. The predicted molar refractivity (Wildman–Crippen MR) is 96.3 cm³/mol. The third-order valence-electron chi connectivity index (χ3n) is 4.62. The van der Waals surface area contributed by atoms with Gasteiger partial charge in [-0.2, -0.15) is 0 Å². The molecule has 0 aromatic heterocycles. The summed E-state index contributed by atoms with van der Waals surface area (Å²) in [7, 11) is 0. The lowest BCUT2D eigenvalue weighted by Gasteiger charge is -2.37. The van der Waals surface area contributed by atoms with Gasteiger partial charge in [0.25, 0.3) is 0 Å². The molecule has 4 rings (SSSR count). The number of nitrogen functional groups attached to an aromatic ring is 1. The molecular weight excluding hydrogens is 302 g/mol. The molecule has 24 heavy (non-hydrogen) atoms. The Morgan fingerprint density at radius 3 is 3.04 bits per heavy atom. The molecule has 0 amide bonds. The van der Waals surface area contributed by atoms with Gasteiger partial charge >= 0.3 is 0 Å². The van der Waals surface area contributed by atoms with Crippen molar-refractivity contribution in [2.24, 2.45) is 5.73 Å². The molecule has 124 valence electrons. The van der Waals surface area contributed by atoms with Crippen LogP contribution in [-0.4, -0.2) is 18.9 Å². The number of hydrogen-bond donors (Lipinski definition) is 3. The van der Waals surface area contributed by atoms with Gasteiger partial charge in [0, 0.05) is 16.9 Å². The molecule has 0 spiro atoms. The minimum atomic E-state index is -0.748. The number of rotatable bonds is 3. The Kier molecular flexibility index (Phi) is 3.39. The van der Waals surface area contributed by atoms with Crippen molar-refractivity contribution in [1.29, 1.82) is 0 Å². The number of anilines is 2. The van der Waals surface area contributed by atoms with E-state index in [0.717, 1.165) is 34.0 Å². The van der Waals surface area contributed by atoms with Gasteiger partial charge in [-0.05, 0) is 48.9 Å². The molecule has 2 unspecified atom stereocenters. The van der Waals surface area contributed by atoms with Gasteiger partial charge in [0.1, 0.15) is 17.2 Å². The van der Waals surface area contributed by atoms with Crippen LogP contribution in [0.25, 0.3) is 6.08 Å². The predicted octanol–water partition coefficient (Wildman–Crippen LogP) is 2.94. The first-order valence-electron chi connectivity index (χ1n) is 8.15. The minimum absolute atomic E-state index is 0.0443. The number of nitrogens with two attached hydrogens (primary N) is 2. The van der Waals surface area contributed by atoms with E-state index in [1.54, 1.807) is 0 Å². The zero-order valence-electron chi connectivity index (χ0n) is 13.6. The number of hydrogen-bond acceptors (Lipinski definition) is 5. The van der Waals surface area contributed by atoms with Crippen LogP contribution in [-0.2, 0) is 0 Å². The maximum atomic E-state index is 6.73. The lowest BCUT2D eigenvalue weighted by atomic mass is 9.84. The SMILES string of the molecule is CCOc1cccc2c1C(C1(N)C=Cc3cc(N)ccc3N1)CO2. The Labute approximate surface area is 141 Å². The van der Waals surface area contributed by atoms with E-state index in [0.29, 0.717) is 13.2 Å². The maximum Gasteiger partial charge on any atom is 0.126 e. The van der Waals surface area contributed by atoms with Gasteiger partial charge in [-0.25, -0.2) is 0 Å². The molecule has 2 aromatic carbocycles. The van der Waals surface area contributed by atoms with E-state index in [4.69, 9.17) is 20.9 Å². The van der Waals surface area contributed by atoms with Crippen molar-refractivity contribution < 1.29 is 9.47 Å². The highest BCUT2D eigenvalue weighted by Crippen LogP contribution is 2.46. The van der Waals surface area contributed by atoms with Crippen LogP contribution in [0.5, 0.6) is 11.5 Å².